The van der Waals surface area contributed by atoms with E-state index < -0.39 is 0 Å². The van der Waals surface area contributed by atoms with Gasteiger partial charge in [0.25, 0.3) is 0 Å². The van der Waals surface area contributed by atoms with Gasteiger partial charge in [0.15, 0.2) is 0 Å². The van der Waals surface area contributed by atoms with E-state index in [1.807, 2.05) is 0 Å². The summed E-state index contributed by atoms with van der Waals surface area (Å²) in [5.41, 5.74) is 1.47. The van der Waals surface area contributed by atoms with Gasteiger partial charge in [-0.15, -0.1) is 0 Å². The Hall–Kier alpha value is 0.0900. The number of rotatable bonds is 3. The van der Waals surface area contributed by atoms with E-state index in [0.29, 0.717) is 0 Å². The molecule has 0 aromatic heterocycles. The van der Waals surface area contributed by atoms with Crippen molar-refractivity contribution in [2.24, 2.45) is 0 Å². The van der Waals surface area contributed by atoms with Crippen LogP contribution in [0.3, 0.4) is 0 Å². The van der Waals surface area contributed by atoms with Crippen LogP contribution in [0.1, 0.15) is 39.0 Å². The third kappa shape index (κ3) is 3.33. The zero-order valence-corrected chi connectivity index (χ0v) is 8.25. The second-order valence-corrected chi connectivity index (χ2v) is 4.73. The molecule has 0 aliphatic heterocycles. The highest BCUT2D eigenvalue weighted by Crippen LogP contribution is 2.30. The van der Waals surface area contributed by atoms with Crippen molar-refractivity contribution in [2.45, 2.75) is 44.3 Å². The van der Waals surface area contributed by atoms with Crippen molar-refractivity contribution in [3.8, 4) is 0 Å². The average molecular weight is 170 g/mol. The zero-order chi connectivity index (χ0) is 8.10. The number of allylic oxidation sites excluding steroid dienone is 1. The average Bonchev–Trinajstić information content (AvgIpc) is 2.04. The molecule has 1 aliphatic carbocycles. The van der Waals surface area contributed by atoms with Crippen molar-refractivity contribution >= 4 is 11.8 Å². The fourth-order valence-corrected chi connectivity index (χ4v) is 2.59. The summed E-state index contributed by atoms with van der Waals surface area (Å²) in [7, 11) is 0. The largest absolute Gasteiger partial charge is 0.159 e. The van der Waals surface area contributed by atoms with E-state index in [1.54, 1.807) is 0 Å². The molecule has 0 nitrogen and oxygen atoms in total. The number of hydrogen-bond acceptors (Lipinski definition) is 1. The van der Waals surface area contributed by atoms with E-state index in [-0.39, 0.29) is 0 Å². The maximum Gasteiger partial charge on any atom is 0.00531 e. The lowest BCUT2D eigenvalue weighted by atomic mass is 9.96. The van der Waals surface area contributed by atoms with Crippen LogP contribution in [-0.2, 0) is 0 Å². The van der Waals surface area contributed by atoms with Gasteiger partial charge in [-0.3, -0.25) is 0 Å². The van der Waals surface area contributed by atoms with E-state index in [4.69, 9.17) is 0 Å². The van der Waals surface area contributed by atoms with Crippen molar-refractivity contribution < 1.29 is 0 Å². The van der Waals surface area contributed by atoms with Crippen LogP contribution < -0.4 is 0 Å². The Labute approximate surface area is 74.5 Å². The molecule has 1 saturated carbocycles. The fourth-order valence-electron chi connectivity index (χ4n) is 1.45. The van der Waals surface area contributed by atoms with Gasteiger partial charge >= 0.3 is 0 Å². The lowest BCUT2D eigenvalue weighted by Crippen LogP contribution is -2.09. The minimum absolute atomic E-state index is 0.945. The molecule has 64 valence electrons. The Morgan fingerprint density at radius 2 is 2.09 bits per heavy atom. The molecule has 0 amide bonds. The van der Waals surface area contributed by atoms with Crippen LogP contribution in [-0.4, -0.2) is 11.0 Å². The first-order valence-corrected chi connectivity index (χ1v) is 5.66. The lowest BCUT2D eigenvalue weighted by molar-refractivity contribution is 0.616. The first kappa shape index (κ1) is 9.18. The molecule has 11 heavy (non-hydrogen) atoms. The highest BCUT2D eigenvalue weighted by molar-refractivity contribution is 7.99. The Bertz CT molecular complexity index is 119. The summed E-state index contributed by atoms with van der Waals surface area (Å²) in [4.78, 5) is 0. The molecule has 0 spiro atoms. The molecule has 0 atom stereocenters. The highest BCUT2D eigenvalue weighted by Gasteiger charge is 2.14. The maximum atomic E-state index is 4.02. The predicted molar refractivity (Wildman–Crippen MR) is 54.1 cm³/mol. The predicted octanol–water partition coefficient (Wildman–Crippen LogP) is 3.63. The molecule has 1 aliphatic rings. The van der Waals surface area contributed by atoms with Crippen molar-refractivity contribution in [1.82, 2.24) is 0 Å². The van der Waals surface area contributed by atoms with Crippen LogP contribution >= 0.6 is 11.8 Å². The normalized spacial score (nSPS) is 20.6. The van der Waals surface area contributed by atoms with Crippen LogP contribution in [0.15, 0.2) is 12.2 Å². The minimum Gasteiger partial charge on any atom is -0.159 e. The van der Waals surface area contributed by atoms with Gasteiger partial charge in [-0.1, -0.05) is 19.1 Å². The van der Waals surface area contributed by atoms with Gasteiger partial charge in [0.05, 0.1) is 0 Å². The van der Waals surface area contributed by atoms with Gasteiger partial charge < -0.3 is 0 Å². The van der Waals surface area contributed by atoms with E-state index in [1.165, 1.54) is 43.4 Å². The monoisotopic (exact) mass is 170 g/mol. The second kappa shape index (κ2) is 4.87. The molecule has 1 rings (SSSR count). The van der Waals surface area contributed by atoms with E-state index in [9.17, 15) is 0 Å². The summed E-state index contributed by atoms with van der Waals surface area (Å²) < 4.78 is 0. The van der Waals surface area contributed by atoms with Crippen LogP contribution in [0.2, 0.25) is 0 Å². The molecule has 0 aromatic carbocycles. The molecule has 0 aromatic rings. The third-order valence-electron chi connectivity index (χ3n) is 2.20. The smallest absolute Gasteiger partial charge is 0.00531 e. The maximum absolute atomic E-state index is 4.02. The van der Waals surface area contributed by atoms with E-state index >= 15 is 0 Å². The summed E-state index contributed by atoms with van der Waals surface area (Å²) in [6.07, 6.45) is 6.64. The first-order chi connectivity index (χ1) is 5.33. The van der Waals surface area contributed by atoms with Gasteiger partial charge in [-0.25, -0.2) is 0 Å². The SMILES string of the molecule is C=C1CCC(SCCC)CC1. The van der Waals surface area contributed by atoms with Gasteiger partial charge in [-0.05, 0) is 37.9 Å². The topological polar surface area (TPSA) is 0 Å². The zero-order valence-electron chi connectivity index (χ0n) is 7.44. The minimum atomic E-state index is 0.945. The Morgan fingerprint density at radius 3 is 2.64 bits per heavy atom. The molecule has 0 radical (unpaired) electrons. The van der Waals surface area contributed by atoms with Gasteiger partial charge in [0.1, 0.15) is 0 Å². The summed E-state index contributed by atoms with van der Waals surface area (Å²) in [5.74, 6) is 1.34. The fraction of sp³-hybridized carbons (Fsp3) is 0.800. The van der Waals surface area contributed by atoms with Crippen LogP contribution in [0, 0.1) is 0 Å². The van der Waals surface area contributed by atoms with Crippen molar-refractivity contribution in [3.05, 3.63) is 12.2 Å². The third-order valence-corrected chi connectivity index (χ3v) is 3.78. The van der Waals surface area contributed by atoms with Crippen LogP contribution in [0.5, 0.6) is 0 Å². The first-order valence-electron chi connectivity index (χ1n) is 4.61. The Kier molecular flexibility index (Phi) is 4.06. The molecule has 0 heterocycles. The van der Waals surface area contributed by atoms with Gasteiger partial charge in [-0.2, -0.15) is 11.8 Å². The van der Waals surface area contributed by atoms with Gasteiger partial charge in [0, 0.05) is 5.25 Å². The molecule has 0 unspecified atom stereocenters. The Morgan fingerprint density at radius 1 is 1.45 bits per heavy atom. The van der Waals surface area contributed by atoms with Crippen molar-refractivity contribution in [1.29, 1.82) is 0 Å². The molecule has 0 N–H and O–H groups in total. The summed E-state index contributed by atoms with van der Waals surface area (Å²) in [6, 6.07) is 0. The highest BCUT2D eigenvalue weighted by atomic mass is 32.2. The lowest BCUT2D eigenvalue weighted by Gasteiger charge is -2.22. The number of hydrogen-bond donors (Lipinski definition) is 0. The van der Waals surface area contributed by atoms with E-state index in [0.717, 1.165) is 5.25 Å². The van der Waals surface area contributed by atoms with Crippen LogP contribution in [0.4, 0.5) is 0 Å². The van der Waals surface area contributed by atoms with E-state index in [2.05, 4.69) is 25.3 Å². The van der Waals surface area contributed by atoms with Gasteiger partial charge in [0.2, 0.25) is 0 Å². The Balaban J connectivity index is 2.12. The molecule has 1 fully saturated rings. The van der Waals surface area contributed by atoms with Crippen molar-refractivity contribution in [3.63, 3.8) is 0 Å². The van der Waals surface area contributed by atoms with Crippen LogP contribution in [0.25, 0.3) is 0 Å². The number of thioether (sulfide) groups is 1. The molecule has 0 bridgehead atoms. The quantitative estimate of drug-likeness (QED) is 0.583. The molecular formula is C10H18S. The molecule has 0 saturated heterocycles. The summed E-state index contributed by atoms with van der Waals surface area (Å²) in [6.45, 7) is 6.28. The van der Waals surface area contributed by atoms with Crippen molar-refractivity contribution in [2.75, 3.05) is 5.75 Å². The second-order valence-electron chi connectivity index (χ2n) is 3.32. The molecule has 1 heteroatoms. The standard InChI is InChI=1S/C10H18S/c1-3-8-11-10-6-4-9(2)5-7-10/h10H,2-8H2,1H3. The molecular weight excluding hydrogens is 152 g/mol. The summed E-state index contributed by atoms with van der Waals surface area (Å²) >= 11 is 2.16. The summed E-state index contributed by atoms with van der Waals surface area (Å²) in [5, 5.41) is 0.945.